The van der Waals surface area contributed by atoms with E-state index in [0.29, 0.717) is 30.3 Å². The lowest BCUT2D eigenvalue weighted by atomic mass is 10.0. The monoisotopic (exact) mass is 439 g/mol. The van der Waals surface area contributed by atoms with Crippen LogP contribution in [0, 0.1) is 0 Å². The van der Waals surface area contributed by atoms with Crippen molar-refractivity contribution in [2.24, 2.45) is 0 Å². The maximum Gasteiger partial charge on any atom is 0.513 e. The summed E-state index contributed by atoms with van der Waals surface area (Å²) in [6.45, 7) is 0.0651. The van der Waals surface area contributed by atoms with Gasteiger partial charge in [0.15, 0.2) is 0 Å². The molecular weight excluding hydrogens is 390 g/mol. The van der Waals surface area contributed by atoms with Crippen LogP contribution in [0.3, 0.4) is 0 Å². The number of nitrogens with zero attached hydrogens (tertiary/aromatic N) is 3. The van der Waals surface area contributed by atoms with Gasteiger partial charge >= 0.3 is 6.16 Å². The summed E-state index contributed by atoms with van der Waals surface area (Å²) in [5.41, 5.74) is -0.300. The molecule has 0 radical (unpaired) electrons. The van der Waals surface area contributed by atoms with Crippen LogP contribution in [0.1, 0.15) is 90.0 Å². The van der Waals surface area contributed by atoms with Crippen molar-refractivity contribution in [3.8, 4) is 5.88 Å². The highest BCUT2D eigenvalue weighted by molar-refractivity contribution is 6.99. The van der Waals surface area contributed by atoms with Crippen LogP contribution >= 0.6 is 11.7 Å². The standard InChI is InChI=1S/C21H36N3O4S/c1-7-8-9-10-14-26-19-18(22-29-23-19)17-12-11-13-24(6,15-17)16(2)27-20(25)28-21(3,4)5/h12,16H,7-11,13-15H2,1-6H3/q+1/i1D3,7D2,8D2,9D2,10D2,14D2. The fraction of sp³-hybridized carbons (Fsp3) is 0.762. The van der Waals surface area contributed by atoms with Gasteiger partial charge < -0.3 is 14.2 Å². The van der Waals surface area contributed by atoms with Crippen LogP contribution in [-0.2, 0) is 9.47 Å². The number of carbonyl (C=O) groups excluding carboxylic acids is 1. The van der Waals surface area contributed by atoms with E-state index in [1.54, 1.807) is 40.8 Å². The summed E-state index contributed by atoms with van der Waals surface area (Å²) in [5, 5.41) is 0. The maximum atomic E-state index is 12.2. The summed E-state index contributed by atoms with van der Waals surface area (Å²) in [5.74, 6) is -0.538. The molecule has 1 aliphatic rings. The van der Waals surface area contributed by atoms with Crippen LogP contribution in [-0.4, -0.2) is 57.9 Å². The van der Waals surface area contributed by atoms with Gasteiger partial charge in [0.2, 0.25) is 6.23 Å². The Balaban J connectivity index is 2.36. The predicted octanol–water partition coefficient (Wildman–Crippen LogP) is 5.03. The highest BCUT2D eigenvalue weighted by atomic mass is 32.1. The lowest BCUT2D eigenvalue weighted by Gasteiger charge is -2.41. The number of quaternary nitrogens is 1. The molecule has 1 aromatic rings. The van der Waals surface area contributed by atoms with Crippen molar-refractivity contribution >= 4 is 23.5 Å². The highest BCUT2D eigenvalue weighted by Gasteiger charge is 2.37. The van der Waals surface area contributed by atoms with Gasteiger partial charge in [0.05, 0.1) is 34.6 Å². The van der Waals surface area contributed by atoms with Crippen molar-refractivity contribution in [3.05, 3.63) is 11.8 Å². The van der Waals surface area contributed by atoms with E-state index in [0.717, 1.165) is 0 Å². The van der Waals surface area contributed by atoms with Gasteiger partial charge in [0.25, 0.3) is 5.88 Å². The summed E-state index contributed by atoms with van der Waals surface area (Å²) in [7, 11) is 1.80. The minimum absolute atomic E-state index is 0.00501. The molecule has 2 rings (SSSR count). The fourth-order valence-corrected chi connectivity index (χ4v) is 3.21. The van der Waals surface area contributed by atoms with Gasteiger partial charge in [-0.2, -0.15) is 4.37 Å². The Morgan fingerprint density at radius 3 is 2.90 bits per heavy atom. The van der Waals surface area contributed by atoms with Crippen molar-refractivity contribution in [1.29, 1.82) is 0 Å². The summed E-state index contributed by atoms with van der Waals surface area (Å²) in [6, 6.07) is 0. The first-order chi connectivity index (χ1) is 18.5. The molecule has 0 aliphatic carbocycles. The Morgan fingerprint density at radius 1 is 1.38 bits per heavy atom. The van der Waals surface area contributed by atoms with Crippen molar-refractivity contribution in [2.45, 2.75) is 78.3 Å². The molecule has 0 fully saturated rings. The Bertz CT molecular complexity index is 1180. The molecule has 8 heteroatoms. The molecule has 1 aliphatic heterocycles. The van der Waals surface area contributed by atoms with Gasteiger partial charge in [0, 0.05) is 34.0 Å². The molecule has 0 amide bonds. The maximum absolute atomic E-state index is 12.2. The third-order valence-corrected chi connectivity index (χ3v) is 4.76. The van der Waals surface area contributed by atoms with Crippen LogP contribution in [0.2, 0.25) is 0 Å². The number of ether oxygens (including phenoxy) is 3. The van der Waals surface area contributed by atoms with Gasteiger partial charge in [-0.3, -0.25) is 4.48 Å². The molecule has 2 atom stereocenters. The second-order valence-electron chi connectivity index (χ2n) is 7.68. The Morgan fingerprint density at radius 2 is 2.17 bits per heavy atom. The molecule has 0 saturated heterocycles. The largest absolute Gasteiger partial charge is 0.513 e. The molecule has 0 N–H and O–H groups in total. The molecule has 164 valence electrons. The molecule has 0 saturated carbocycles. The minimum Gasteiger partial charge on any atom is -0.475 e. The summed E-state index contributed by atoms with van der Waals surface area (Å²) in [4.78, 5) is 12.2. The van der Waals surface area contributed by atoms with E-state index in [1.165, 1.54) is 0 Å². The molecule has 29 heavy (non-hydrogen) atoms. The fourth-order valence-electron chi connectivity index (χ4n) is 2.69. The average Bonchev–Trinajstić information content (AvgIpc) is 3.23. The molecular formula is C21H36N3O4S+. The van der Waals surface area contributed by atoms with Crippen LogP contribution in [0.4, 0.5) is 4.79 Å². The predicted molar refractivity (Wildman–Crippen MR) is 115 cm³/mol. The number of likely N-dealkylation sites (N-methyl/N-ethyl adjacent to an activating group) is 1. The van der Waals surface area contributed by atoms with Gasteiger partial charge in [-0.25, -0.2) is 4.79 Å². The second-order valence-corrected chi connectivity index (χ2v) is 8.21. The van der Waals surface area contributed by atoms with E-state index < -0.39 is 62.8 Å². The molecule has 1 aromatic heterocycles. The first-order valence-electron chi connectivity index (χ1n) is 15.5. The molecule has 0 spiro atoms. The van der Waals surface area contributed by atoms with Crippen molar-refractivity contribution in [1.82, 2.24) is 8.75 Å². The Kier molecular flexibility index (Phi) is 3.97. The SMILES string of the molecule is [2H]C([2H])([2H])C([2H])([2H])C([2H])([2H])C([2H])([2H])C([2H])([2H])C([2H])([2H])Oc1nsnc1C1=CCC[N+](C)(C(C)OC(=O)OC(C)(C)C)C1. The number of hydrogen-bond acceptors (Lipinski definition) is 7. The average molecular weight is 440 g/mol. The third-order valence-electron chi connectivity index (χ3n) is 4.25. The highest BCUT2D eigenvalue weighted by Crippen LogP contribution is 2.31. The topological polar surface area (TPSA) is 70.5 Å². The van der Waals surface area contributed by atoms with Crippen LogP contribution in [0.15, 0.2) is 6.08 Å². The van der Waals surface area contributed by atoms with E-state index in [4.69, 9.17) is 32.0 Å². The van der Waals surface area contributed by atoms with Crippen molar-refractivity contribution in [2.75, 3.05) is 26.7 Å². The normalized spacial score (nSPS) is 30.2. The number of carbonyl (C=O) groups is 1. The third kappa shape index (κ3) is 7.26. The molecule has 0 aromatic carbocycles. The number of hydrogen-bond donors (Lipinski definition) is 0. The first kappa shape index (κ1) is 11.1. The van der Waals surface area contributed by atoms with Gasteiger partial charge in [-0.05, 0) is 27.1 Å². The first-order valence-corrected chi connectivity index (χ1v) is 9.72. The molecule has 0 bridgehead atoms. The van der Waals surface area contributed by atoms with Crippen molar-refractivity contribution in [3.63, 3.8) is 0 Å². The van der Waals surface area contributed by atoms with E-state index in [2.05, 4.69) is 8.75 Å². The quantitative estimate of drug-likeness (QED) is 0.397. The summed E-state index contributed by atoms with van der Waals surface area (Å²) in [6.07, 6.45) is -15.3. The smallest absolute Gasteiger partial charge is 0.475 e. The van der Waals surface area contributed by atoms with Gasteiger partial charge in [-0.1, -0.05) is 32.0 Å². The Hall–Kier alpha value is -1.67. The number of aromatic nitrogens is 2. The van der Waals surface area contributed by atoms with E-state index in [-0.39, 0.29) is 16.7 Å². The second kappa shape index (κ2) is 10.4. The van der Waals surface area contributed by atoms with Crippen LogP contribution in [0.25, 0.3) is 5.57 Å². The number of rotatable bonds is 9. The van der Waals surface area contributed by atoms with Gasteiger partial charge in [-0.15, -0.1) is 4.37 Å². The summed E-state index contributed by atoms with van der Waals surface area (Å²) < 4.78 is 127. The summed E-state index contributed by atoms with van der Waals surface area (Å²) >= 11 is 0.588. The van der Waals surface area contributed by atoms with E-state index >= 15 is 0 Å². The van der Waals surface area contributed by atoms with Gasteiger partial charge in [0.1, 0.15) is 17.8 Å². The lowest BCUT2D eigenvalue weighted by molar-refractivity contribution is -0.944. The van der Waals surface area contributed by atoms with E-state index in [9.17, 15) is 4.79 Å². The Labute approximate surface area is 197 Å². The molecule has 2 heterocycles. The zero-order valence-corrected chi connectivity index (χ0v) is 18.0. The zero-order chi connectivity index (χ0) is 33.0. The van der Waals surface area contributed by atoms with E-state index in [1.807, 2.05) is 0 Å². The minimum atomic E-state index is -4.07. The van der Waals surface area contributed by atoms with Crippen LogP contribution < -0.4 is 4.74 Å². The zero-order valence-electron chi connectivity index (χ0n) is 30.2. The lowest BCUT2D eigenvalue weighted by Crippen LogP contribution is -2.55. The van der Waals surface area contributed by atoms with Crippen LogP contribution in [0.5, 0.6) is 5.88 Å². The van der Waals surface area contributed by atoms with Crippen molar-refractivity contribution < 1.29 is 41.3 Å². The molecule has 7 nitrogen and oxygen atoms in total. The molecule has 2 unspecified atom stereocenters.